The molecule has 2 N–H and O–H groups in total. The third-order valence-corrected chi connectivity index (χ3v) is 4.68. The molecule has 2 aromatic heterocycles. The molecule has 0 bridgehead atoms. The highest BCUT2D eigenvalue weighted by Gasteiger charge is 2.33. The van der Waals surface area contributed by atoms with Crippen LogP contribution in [0.5, 0.6) is 0 Å². The summed E-state index contributed by atoms with van der Waals surface area (Å²) in [7, 11) is 1.66. The quantitative estimate of drug-likeness (QED) is 0.331. The topological polar surface area (TPSA) is 91.5 Å². The SMILES string of the molecule is CN=C(NCCc1nc(C)no1)NC1CCN(c2ncc(C(F)(F)F)cc2Cl)C1.I. The first kappa shape index (κ1) is 24.4. The van der Waals surface area contributed by atoms with E-state index >= 15 is 0 Å². The Hall–Kier alpha value is -1.83. The Kier molecular flexibility index (Phi) is 8.52. The van der Waals surface area contributed by atoms with Gasteiger partial charge in [-0.05, 0) is 19.4 Å². The number of hydrogen-bond donors (Lipinski definition) is 2. The fourth-order valence-corrected chi connectivity index (χ4v) is 3.29. The molecule has 0 saturated carbocycles. The van der Waals surface area contributed by atoms with Crippen LogP contribution in [0.2, 0.25) is 5.02 Å². The van der Waals surface area contributed by atoms with Gasteiger partial charge in [-0.25, -0.2) is 4.98 Å². The second-order valence-corrected chi connectivity index (χ2v) is 6.99. The van der Waals surface area contributed by atoms with Crippen LogP contribution in [0, 0.1) is 6.92 Å². The first-order chi connectivity index (χ1) is 13.8. The number of aliphatic imine (C=N–C) groups is 1. The Balaban J connectivity index is 0.00000320. The van der Waals surface area contributed by atoms with Gasteiger partial charge in [0.1, 0.15) is 5.82 Å². The highest BCUT2D eigenvalue weighted by atomic mass is 127. The minimum absolute atomic E-state index is 0. The van der Waals surface area contributed by atoms with Crippen LogP contribution in [0.15, 0.2) is 21.8 Å². The summed E-state index contributed by atoms with van der Waals surface area (Å²) < 4.78 is 43.4. The number of hydrogen-bond acceptors (Lipinski definition) is 6. The molecule has 2 aromatic rings. The van der Waals surface area contributed by atoms with Gasteiger partial charge in [0, 0.05) is 45.3 Å². The van der Waals surface area contributed by atoms with Gasteiger partial charge < -0.3 is 20.1 Å². The molecule has 0 radical (unpaired) electrons. The molecular weight excluding hydrogens is 538 g/mol. The summed E-state index contributed by atoms with van der Waals surface area (Å²) in [5.74, 6) is 2.09. The summed E-state index contributed by atoms with van der Waals surface area (Å²) in [4.78, 5) is 14.1. The second-order valence-electron chi connectivity index (χ2n) is 6.59. The zero-order valence-corrected chi connectivity index (χ0v) is 19.4. The minimum Gasteiger partial charge on any atom is -0.356 e. The average molecular weight is 560 g/mol. The number of alkyl halides is 3. The van der Waals surface area contributed by atoms with Gasteiger partial charge in [-0.1, -0.05) is 16.8 Å². The van der Waals surface area contributed by atoms with E-state index in [1.165, 1.54) is 0 Å². The van der Waals surface area contributed by atoms with Gasteiger partial charge in [-0.2, -0.15) is 18.2 Å². The first-order valence-corrected chi connectivity index (χ1v) is 9.38. The highest BCUT2D eigenvalue weighted by molar-refractivity contribution is 14.0. The molecule has 0 aliphatic carbocycles. The molecule has 8 nitrogen and oxygen atoms in total. The van der Waals surface area contributed by atoms with E-state index in [9.17, 15) is 13.2 Å². The van der Waals surface area contributed by atoms with E-state index in [1.807, 2.05) is 4.90 Å². The molecule has 166 valence electrons. The van der Waals surface area contributed by atoms with Crippen molar-refractivity contribution in [3.8, 4) is 0 Å². The van der Waals surface area contributed by atoms with E-state index in [-0.39, 0.29) is 35.0 Å². The molecule has 0 aromatic carbocycles. The molecule has 3 rings (SSSR count). The molecule has 1 fully saturated rings. The van der Waals surface area contributed by atoms with Crippen molar-refractivity contribution in [3.05, 3.63) is 34.6 Å². The largest absolute Gasteiger partial charge is 0.417 e. The lowest BCUT2D eigenvalue weighted by Gasteiger charge is -2.21. The normalized spacial score (nSPS) is 17.1. The molecule has 1 aliphatic heterocycles. The minimum atomic E-state index is -4.47. The molecule has 1 aliphatic rings. The van der Waals surface area contributed by atoms with Crippen LogP contribution >= 0.6 is 35.6 Å². The van der Waals surface area contributed by atoms with Gasteiger partial charge in [0.15, 0.2) is 11.8 Å². The smallest absolute Gasteiger partial charge is 0.356 e. The predicted molar refractivity (Wildman–Crippen MR) is 118 cm³/mol. The van der Waals surface area contributed by atoms with Crippen LogP contribution in [0.3, 0.4) is 0 Å². The summed E-state index contributed by atoms with van der Waals surface area (Å²) >= 11 is 6.04. The summed E-state index contributed by atoms with van der Waals surface area (Å²) in [6, 6.07) is 0.955. The number of aryl methyl sites for hydroxylation is 1. The molecule has 0 amide bonds. The molecule has 1 unspecified atom stereocenters. The van der Waals surface area contributed by atoms with Crippen molar-refractivity contribution in [2.75, 3.05) is 31.6 Å². The summed E-state index contributed by atoms with van der Waals surface area (Å²) in [5, 5.41) is 10.2. The van der Waals surface area contributed by atoms with E-state index in [0.29, 0.717) is 49.5 Å². The van der Waals surface area contributed by atoms with Crippen LogP contribution in [0.1, 0.15) is 23.7 Å². The van der Waals surface area contributed by atoms with E-state index in [1.54, 1.807) is 14.0 Å². The average Bonchev–Trinajstić information content (AvgIpc) is 3.29. The van der Waals surface area contributed by atoms with Crippen molar-refractivity contribution in [2.24, 2.45) is 4.99 Å². The van der Waals surface area contributed by atoms with Gasteiger partial charge in [0.05, 0.1) is 10.6 Å². The molecule has 30 heavy (non-hydrogen) atoms. The van der Waals surface area contributed by atoms with Crippen LogP contribution in [-0.4, -0.2) is 53.8 Å². The van der Waals surface area contributed by atoms with Crippen molar-refractivity contribution in [1.29, 1.82) is 0 Å². The first-order valence-electron chi connectivity index (χ1n) is 9.00. The molecule has 1 atom stereocenters. The lowest BCUT2D eigenvalue weighted by molar-refractivity contribution is -0.137. The zero-order chi connectivity index (χ0) is 21.0. The molecule has 0 spiro atoms. The van der Waals surface area contributed by atoms with E-state index in [2.05, 4.69) is 30.8 Å². The standard InChI is InChI=1S/C17H21ClF3N7O.HI/c1-10-25-14(29-27-10)3-5-23-16(22-2)26-12-4-6-28(9-12)15-13(18)7-11(8-24-15)17(19,20)21;/h7-8,12H,3-6,9H2,1-2H3,(H2,22,23,26);1H. The Morgan fingerprint density at radius 1 is 1.43 bits per heavy atom. The number of nitrogens with zero attached hydrogens (tertiary/aromatic N) is 5. The Labute approximate surface area is 193 Å². The third-order valence-electron chi connectivity index (χ3n) is 4.40. The van der Waals surface area contributed by atoms with Crippen molar-refractivity contribution >= 4 is 47.4 Å². The van der Waals surface area contributed by atoms with Gasteiger partial charge >= 0.3 is 6.18 Å². The predicted octanol–water partition coefficient (Wildman–Crippen LogP) is 3.05. The second kappa shape index (κ2) is 10.5. The van der Waals surface area contributed by atoms with E-state index in [4.69, 9.17) is 16.1 Å². The van der Waals surface area contributed by atoms with E-state index in [0.717, 1.165) is 18.7 Å². The lowest BCUT2D eigenvalue weighted by Crippen LogP contribution is -2.45. The van der Waals surface area contributed by atoms with Crippen LogP contribution in [-0.2, 0) is 12.6 Å². The van der Waals surface area contributed by atoms with Gasteiger partial charge in [-0.15, -0.1) is 24.0 Å². The van der Waals surface area contributed by atoms with Gasteiger partial charge in [0.2, 0.25) is 5.89 Å². The molecule has 1 saturated heterocycles. The van der Waals surface area contributed by atoms with E-state index < -0.39 is 11.7 Å². The van der Waals surface area contributed by atoms with Gasteiger partial charge in [0.25, 0.3) is 0 Å². The summed E-state index contributed by atoms with van der Waals surface area (Å²) in [6.07, 6.45) is -2.34. The van der Waals surface area contributed by atoms with Crippen molar-refractivity contribution < 1.29 is 17.7 Å². The van der Waals surface area contributed by atoms with Crippen LogP contribution in [0.25, 0.3) is 0 Å². The van der Waals surface area contributed by atoms with Crippen molar-refractivity contribution in [1.82, 2.24) is 25.8 Å². The summed E-state index contributed by atoms with van der Waals surface area (Å²) in [5.41, 5.74) is -0.860. The maximum absolute atomic E-state index is 12.8. The number of nitrogens with one attached hydrogen (secondary N) is 2. The highest BCUT2D eigenvalue weighted by Crippen LogP contribution is 2.34. The Bertz CT molecular complexity index is 877. The Morgan fingerprint density at radius 3 is 2.80 bits per heavy atom. The maximum atomic E-state index is 12.8. The van der Waals surface area contributed by atoms with Crippen molar-refractivity contribution in [3.63, 3.8) is 0 Å². The number of halogens is 5. The summed E-state index contributed by atoms with van der Waals surface area (Å²) in [6.45, 7) is 3.48. The Morgan fingerprint density at radius 2 is 2.20 bits per heavy atom. The maximum Gasteiger partial charge on any atom is 0.417 e. The number of guanidine groups is 1. The molecule has 13 heteroatoms. The van der Waals surface area contributed by atoms with Crippen molar-refractivity contribution in [2.45, 2.75) is 32.0 Å². The number of anilines is 1. The lowest BCUT2D eigenvalue weighted by atomic mass is 10.2. The number of rotatable bonds is 5. The monoisotopic (exact) mass is 559 g/mol. The molecular formula is C17H22ClF3IN7O. The molecule has 3 heterocycles. The number of pyridine rings is 1. The fraction of sp³-hybridized carbons (Fsp3) is 0.529. The van der Waals surface area contributed by atoms with Crippen LogP contribution in [0.4, 0.5) is 19.0 Å². The number of aromatic nitrogens is 3. The zero-order valence-electron chi connectivity index (χ0n) is 16.3. The van der Waals surface area contributed by atoms with Crippen LogP contribution < -0.4 is 15.5 Å². The third kappa shape index (κ3) is 6.33. The fourth-order valence-electron chi connectivity index (χ4n) is 3.01. The van der Waals surface area contributed by atoms with Gasteiger partial charge in [-0.3, -0.25) is 4.99 Å².